The van der Waals surface area contributed by atoms with Gasteiger partial charge in [0.15, 0.2) is 0 Å². The van der Waals surface area contributed by atoms with E-state index in [-0.39, 0.29) is 48.0 Å². The highest BCUT2D eigenvalue weighted by Gasteiger charge is 2.24. The molecule has 0 heterocycles. The van der Waals surface area contributed by atoms with Gasteiger partial charge in [-0.1, -0.05) is 143 Å². The highest BCUT2D eigenvalue weighted by atomic mass is 33.1. The number of carbonyl (C=O) groups excluding carboxylic acids is 4. The Bertz CT molecular complexity index is 1440. The number of hydrogen-bond acceptors (Lipinski definition) is 6. The van der Waals surface area contributed by atoms with Gasteiger partial charge in [0, 0.05) is 24.6 Å². The molecule has 0 aliphatic carbocycles. The van der Waals surface area contributed by atoms with Crippen molar-refractivity contribution in [1.29, 1.82) is 0 Å². The van der Waals surface area contributed by atoms with Crippen LogP contribution >= 0.6 is 21.6 Å². The molecule has 48 heavy (non-hydrogen) atoms. The van der Waals surface area contributed by atoms with Crippen molar-refractivity contribution in [3.8, 4) is 0 Å². The van der Waals surface area contributed by atoms with Gasteiger partial charge < -0.3 is 21.3 Å². The van der Waals surface area contributed by atoms with Gasteiger partial charge in [0.1, 0.15) is 12.1 Å². The zero-order chi connectivity index (χ0) is 33.8. The van der Waals surface area contributed by atoms with Gasteiger partial charge in [0.25, 0.3) is 0 Å². The van der Waals surface area contributed by atoms with Crippen molar-refractivity contribution in [2.45, 2.75) is 37.8 Å². The Kier molecular flexibility index (Phi) is 15.6. The molecule has 10 heteroatoms. The van der Waals surface area contributed by atoms with E-state index >= 15 is 0 Å². The third-order valence-corrected chi connectivity index (χ3v) is 9.80. The molecule has 8 nitrogen and oxygen atoms in total. The van der Waals surface area contributed by atoms with Gasteiger partial charge in [-0.15, -0.1) is 0 Å². The molecule has 4 aromatic carbocycles. The molecule has 4 amide bonds. The van der Waals surface area contributed by atoms with Crippen LogP contribution < -0.4 is 21.3 Å². The van der Waals surface area contributed by atoms with Crippen LogP contribution in [0.25, 0.3) is 0 Å². The smallest absolute Gasteiger partial charge is 0.243 e. The SMILES string of the molecule is O=C(Cc1ccccc1)NC(CSSCC(NC(=O)Cc1ccccc1)C(=O)NCCc1ccccc1)C(=O)NCCc1ccccc1. The van der Waals surface area contributed by atoms with Gasteiger partial charge in [-0.05, 0) is 35.1 Å². The highest BCUT2D eigenvalue weighted by molar-refractivity contribution is 8.76. The zero-order valence-corrected chi connectivity index (χ0v) is 28.4. The monoisotopic (exact) mass is 682 g/mol. The first-order valence-corrected chi connectivity index (χ1v) is 18.5. The maximum absolute atomic E-state index is 13.2. The summed E-state index contributed by atoms with van der Waals surface area (Å²) in [4.78, 5) is 52.3. The van der Waals surface area contributed by atoms with Crippen LogP contribution in [-0.2, 0) is 44.9 Å². The molecule has 0 spiro atoms. The van der Waals surface area contributed by atoms with E-state index in [1.54, 1.807) is 0 Å². The Labute approximate surface area is 290 Å². The van der Waals surface area contributed by atoms with Crippen molar-refractivity contribution in [2.24, 2.45) is 0 Å². The van der Waals surface area contributed by atoms with Crippen molar-refractivity contribution in [1.82, 2.24) is 21.3 Å². The lowest BCUT2D eigenvalue weighted by Gasteiger charge is -2.20. The molecule has 0 fully saturated rings. The van der Waals surface area contributed by atoms with E-state index in [9.17, 15) is 19.2 Å². The molecule has 2 atom stereocenters. The fourth-order valence-electron chi connectivity index (χ4n) is 4.85. The van der Waals surface area contributed by atoms with Gasteiger partial charge >= 0.3 is 0 Å². The van der Waals surface area contributed by atoms with E-state index < -0.39 is 12.1 Å². The standard InChI is InChI=1S/C38H42N4O4S2/c43-35(25-31-17-9-3-10-18-31)41-33(37(45)39-23-21-29-13-5-1-6-14-29)27-47-48-28-34(42-36(44)26-32-19-11-4-12-20-32)38(46)40-24-22-30-15-7-2-8-16-30/h1-20,33-34H,21-28H2,(H,39,45)(H,40,46)(H,41,43)(H,42,44). The van der Waals surface area contributed by atoms with Crippen LogP contribution in [0, 0.1) is 0 Å². The molecule has 250 valence electrons. The topological polar surface area (TPSA) is 116 Å². The maximum Gasteiger partial charge on any atom is 0.243 e. The van der Waals surface area contributed by atoms with Crippen molar-refractivity contribution < 1.29 is 19.2 Å². The molecule has 2 unspecified atom stereocenters. The van der Waals surface area contributed by atoms with Gasteiger partial charge in [0.2, 0.25) is 23.6 Å². The first-order chi connectivity index (χ1) is 23.5. The maximum atomic E-state index is 13.2. The largest absolute Gasteiger partial charge is 0.354 e. The summed E-state index contributed by atoms with van der Waals surface area (Å²) >= 11 is 0. The number of rotatable bonds is 19. The molecule has 0 saturated heterocycles. The number of amides is 4. The second-order valence-corrected chi connectivity index (χ2v) is 13.7. The van der Waals surface area contributed by atoms with Crippen LogP contribution in [-0.4, -0.2) is 60.3 Å². The van der Waals surface area contributed by atoms with Gasteiger partial charge in [-0.2, -0.15) is 0 Å². The highest BCUT2D eigenvalue weighted by Crippen LogP contribution is 2.23. The first kappa shape index (κ1) is 36.3. The lowest BCUT2D eigenvalue weighted by atomic mass is 10.1. The first-order valence-electron chi connectivity index (χ1n) is 16.0. The second-order valence-electron chi connectivity index (χ2n) is 11.2. The number of carbonyl (C=O) groups is 4. The lowest BCUT2D eigenvalue weighted by molar-refractivity contribution is -0.128. The van der Waals surface area contributed by atoms with Crippen LogP contribution in [0.15, 0.2) is 121 Å². The zero-order valence-electron chi connectivity index (χ0n) is 26.8. The van der Waals surface area contributed by atoms with Crippen LogP contribution in [0.1, 0.15) is 22.3 Å². The van der Waals surface area contributed by atoms with Crippen LogP contribution in [0.5, 0.6) is 0 Å². The third-order valence-electron chi connectivity index (χ3n) is 7.38. The fraction of sp³-hybridized carbons (Fsp3) is 0.263. The number of nitrogens with one attached hydrogen (secondary N) is 4. The average Bonchev–Trinajstić information content (AvgIpc) is 3.10. The fourth-order valence-corrected chi connectivity index (χ4v) is 7.18. The molecule has 4 N–H and O–H groups in total. The molecule has 4 rings (SSSR count). The van der Waals surface area contributed by atoms with Gasteiger partial charge in [-0.25, -0.2) is 0 Å². The van der Waals surface area contributed by atoms with E-state index in [4.69, 9.17) is 0 Å². The summed E-state index contributed by atoms with van der Waals surface area (Å²) in [6.07, 6.45) is 1.65. The van der Waals surface area contributed by atoms with Gasteiger partial charge in [0.05, 0.1) is 12.8 Å². The molecule has 0 aliphatic rings. The quantitative estimate of drug-likeness (QED) is 0.0853. The molecular weight excluding hydrogens is 641 g/mol. The summed E-state index contributed by atoms with van der Waals surface area (Å²) in [5.41, 5.74) is 3.92. The minimum atomic E-state index is -0.777. The van der Waals surface area contributed by atoms with Crippen molar-refractivity contribution in [3.05, 3.63) is 144 Å². The predicted octanol–water partition coefficient (Wildman–Crippen LogP) is 4.54. The van der Waals surface area contributed by atoms with E-state index in [0.29, 0.717) is 25.9 Å². The van der Waals surface area contributed by atoms with Crippen LogP contribution in [0.3, 0.4) is 0 Å². The summed E-state index contributed by atoms with van der Waals surface area (Å²) in [5.74, 6) is -0.484. The predicted molar refractivity (Wildman–Crippen MR) is 195 cm³/mol. The Hall–Kier alpha value is -4.54. The van der Waals surface area contributed by atoms with Gasteiger partial charge in [-0.3, -0.25) is 19.2 Å². The summed E-state index contributed by atoms with van der Waals surface area (Å²) in [6.45, 7) is 0.870. The minimum absolute atomic E-state index is 0.158. The van der Waals surface area contributed by atoms with Crippen LogP contribution in [0.2, 0.25) is 0 Å². The summed E-state index contributed by atoms with van der Waals surface area (Å²) in [5, 5.41) is 11.7. The Morgan fingerprint density at radius 1 is 0.458 bits per heavy atom. The normalized spacial score (nSPS) is 11.9. The molecule has 0 bridgehead atoms. The lowest BCUT2D eigenvalue weighted by Crippen LogP contribution is -2.49. The molecular formula is C38H42N4O4S2. The molecule has 0 saturated carbocycles. The minimum Gasteiger partial charge on any atom is -0.354 e. The Morgan fingerprint density at radius 2 is 0.771 bits per heavy atom. The number of hydrogen-bond donors (Lipinski definition) is 4. The molecule has 0 aromatic heterocycles. The molecule has 0 radical (unpaired) electrons. The molecule has 4 aromatic rings. The van der Waals surface area contributed by atoms with E-state index in [2.05, 4.69) is 21.3 Å². The number of benzene rings is 4. The Morgan fingerprint density at radius 3 is 1.10 bits per heavy atom. The van der Waals surface area contributed by atoms with E-state index in [1.165, 1.54) is 21.6 Å². The van der Waals surface area contributed by atoms with E-state index in [0.717, 1.165) is 22.3 Å². The summed E-state index contributed by atoms with van der Waals surface area (Å²) in [7, 11) is 2.75. The van der Waals surface area contributed by atoms with Crippen LogP contribution in [0.4, 0.5) is 0 Å². The van der Waals surface area contributed by atoms with E-state index in [1.807, 2.05) is 121 Å². The van der Waals surface area contributed by atoms with Crippen molar-refractivity contribution in [2.75, 3.05) is 24.6 Å². The van der Waals surface area contributed by atoms with Crippen molar-refractivity contribution >= 4 is 45.2 Å². The molecule has 0 aliphatic heterocycles. The summed E-state index contributed by atoms with van der Waals surface area (Å²) in [6, 6.07) is 36.9. The third kappa shape index (κ3) is 13.7. The Balaban J connectivity index is 1.33. The van der Waals surface area contributed by atoms with Crippen molar-refractivity contribution in [3.63, 3.8) is 0 Å². The second kappa shape index (κ2) is 20.6. The summed E-state index contributed by atoms with van der Waals surface area (Å²) < 4.78 is 0. The average molecular weight is 683 g/mol.